The summed E-state index contributed by atoms with van der Waals surface area (Å²) in [5.41, 5.74) is 0.445. The molecule has 1 unspecified atom stereocenters. The van der Waals surface area contributed by atoms with E-state index in [9.17, 15) is 8.78 Å². The summed E-state index contributed by atoms with van der Waals surface area (Å²) in [6, 6.07) is 6.40. The Labute approximate surface area is 134 Å². The van der Waals surface area contributed by atoms with E-state index in [-0.39, 0.29) is 18.5 Å². The Bertz CT molecular complexity index is 567. The maximum atomic E-state index is 13.7. The molecule has 0 aliphatic carbocycles. The van der Waals surface area contributed by atoms with E-state index in [1.165, 1.54) is 13.0 Å². The van der Waals surface area contributed by atoms with Gasteiger partial charge >= 0.3 is 0 Å². The van der Waals surface area contributed by atoms with Gasteiger partial charge in [-0.05, 0) is 19.4 Å². The van der Waals surface area contributed by atoms with Crippen LogP contribution < -0.4 is 0 Å². The van der Waals surface area contributed by atoms with Crippen LogP contribution in [0.25, 0.3) is 0 Å². The van der Waals surface area contributed by atoms with Crippen molar-refractivity contribution in [1.82, 2.24) is 0 Å². The molecular formula is C17H20F2O4. The quantitative estimate of drug-likeness (QED) is 0.753. The molecule has 6 heteroatoms. The van der Waals surface area contributed by atoms with Gasteiger partial charge in [0.2, 0.25) is 0 Å². The van der Waals surface area contributed by atoms with E-state index in [2.05, 4.69) is 6.58 Å². The maximum absolute atomic E-state index is 13.7. The molecule has 2 fully saturated rings. The average Bonchev–Trinajstić information content (AvgIpc) is 3.01. The van der Waals surface area contributed by atoms with Crippen LogP contribution in [-0.4, -0.2) is 37.1 Å². The Balaban J connectivity index is 1.71. The number of benzene rings is 1. The Morgan fingerprint density at radius 2 is 2.13 bits per heavy atom. The van der Waals surface area contributed by atoms with E-state index >= 15 is 0 Å². The zero-order valence-corrected chi connectivity index (χ0v) is 12.9. The summed E-state index contributed by atoms with van der Waals surface area (Å²) in [6.07, 6.45) is 0.205. The first-order chi connectivity index (χ1) is 11.1. The predicted octanol–water partition coefficient (Wildman–Crippen LogP) is 3.11. The number of fused-ring (bicyclic) bond motifs is 1. The van der Waals surface area contributed by atoms with Crippen molar-refractivity contribution in [2.24, 2.45) is 0 Å². The van der Waals surface area contributed by atoms with Gasteiger partial charge in [-0.3, -0.25) is 0 Å². The van der Waals surface area contributed by atoms with Crippen molar-refractivity contribution < 1.29 is 27.7 Å². The van der Waals surface area contributed by atoms with Crippen LogP contribution in [0.1, 0.15) is 18.9 Å². The molecular weight excluding hydrogens is 306 g/mol. The van der Waals surface area contributed by atoms with Gasteiger partial charge in [-0.15, -0.1) is 6.58 Å². The van der Waals surface area contributed by atoms with Crippen molar-refractivity contribution in [2.75, 3.05) is 6.67 Å². The summed E-state index contributed by atoms with van der Waals surface area (Å²) in [5.74, 6) is -1.66. The fraction of sp³-hybridized carbons (Fsp3) is 0.529. The summed E-state index contributed by atoms with van der Waals surface area (Å²) in [7, 11) is 0. The molecule has 0 bridgehead atoms. The van der Waals surface area contributed by atoms with Crippen molar-refractivity contribution in [2.45, 2.75) is 50.3 Å². The molecule has 2 saturated heterocycles. The molecule has 1 aromatic carbocycles. The number of halogens is 2. The van der Waals surface area contributed by atoms with E-state index < -0.39 is 31.0 Å². The summed E-state index contributed by atoms with van der Waals surface area (Å²) in [4.78, 5) is 0. The SMILES string of the molecule is C=CC[C@H]1O[C@@H]2OC(C)(CF)O[C@@H]2[C@H]1OCc1ccccc1F. The van der Waals surface area contributed by atoms with Crippen LogP contribution >= 0.6 is 0 Å². The number of hydrogen-bond donors (Lipinski definition) is 0. The van der Waals surface area contributed by atoms with Crippen LogP contribution in [-0.2, 0) is 25.6 Å². The van der Waals surface area contributed by atoms with Gasteiger partial charge in [0.1, 0.15) is 24.7 Å². The van der Waals surface area contributed by atoms with Gasteiger partial charge in [-0.25, -0.2) is 8.78 Å². The van der Waals surface area contributed by atoms with E-state index in [0.717, 1.165) is 0 Å². The minimum atomic E-state index is -1.33. The Hall–Kier alpha value is -1.34. The second-order valence-electron chi connectivity index (χ2n) is 5.90. The standard InChI is InChI=1S/C17H20F2O4/c1-3-6-13-14(20-9-11-7-4-5-8-12(11)19)15-16(21-13)23-17(2,10-18)22-15/h3-5,7-8,13-16H,1,6,9-10H2,2H3/t13-,14+,15-,16-,17?/m1/s1. The molecule has 23 heavy (non-hydrogen) atoms. The van der Waals surface area contributed by atoms with Crippen LogP contribution in [0.5, 0.6) is 0 Å². The third kappa shape index (κ3) is 3.30. The minimum Gasteiger partial charge on any atom is -0.368 e. The molecule has 126 valence electrons. The van der Waals surface area contributed by atoms with Gasteiger partial charge in [0.25, 0.3) is 0 Å². The zero-order chi connectivity index (χ0) is 16.4. The summed E-state index contributed by atoms with van der Waals surface area (Å²) in [5, 5.41) is 0. The van der Waals surface area contributed by atoms with Crippen molar-refractivity contribution in [3.63, 3.8) is 0 Å². The molecule has 2 heterocycles. The number of hydrogen-bond acceptors (Lipinski definition) is 4. The van der Waals surface area contributed by atoms with Crippen LogP contribution in [0.2, 0.25) is 0 Å². The number of alkyl halides is 1. The van der Waals surface area contributed by atoms with Crippen molar-refractivity contribution in [1.29, 1.82) is 0 Å². The van der Waals surface area contributed by atoms with Gasteiger partial charge in [0.15, 0.2) is 12.1 Å². The molecule has 2 aliphatic heterocycles. The fourth-order valence-electron chi connectivity index (χ4n) is 2.89. The molecule has 3 rings (SSSR count). The lowest BCUT2D eigenvalue weighted by atomic mass is 10.1. The third-order valence-corrected chi connectivity index (χ3v) is 4.05. The van der Waals surface area contributed by atoms with E-state index in [1.54, 1.807) is 24.3 Å². The van der Waals surface area contributed by atoms with Crippen LogP contribution in [0, 0.1) is 5.82 Å². The van der Waals surface area contributed by atoms with Gasteiger partial charge in [-0.1, -0.05) is 24.3 Å². The summed E-state index contributed by atoms with van der Waals surface area (Å²) in [6.45, 7) is 4.51. The lowest BCUT2D eigenvalue weighted by Gasteiger charge is -2.26. The van der Waals surface area contributed by atoms with Gasteiger partial charge in [0, 0.05) is 5.56 Å². The normalized spacial score (nSPS) is 36.1. The monoisotopic (exact) mass is 326 g/mol. The molecule has 2 aliphatic rings. The maximum Gasteiger partial charge on any atom is 0.197 e. The Kier molecular flexibility index (Phi) is 4.77. The number of ether oxygens (including phenoxy) is 4. The van der Waals surface area contributed by atoms with Crippen LogP contribution in [0.3, 0.4) is 0 Å². The lowest BCUT2D eigenvalue weighted by Crippen LogP contribution is -2.38. The van der Waals surface area contributed by atoms with Crippen molar-refractivity contribution in [3.8, 4) is 0 Å². The molecule has 1 aromatic rings. The first-order valence-corrected chi connectivity index (χ1v) is 7.59. The predicted molar refractivity (Wildman–Crippen MR) is 78.8 cm³/mol. The largest absolute Gasteiger partial charge is 0.368 e. The van der Waals surface area contributed by atoms with Crippen LogP contribution in [0.4, 0.5) is 8.78 Å². The number of rotatable bonds is 6. The topological polar surface area (TPSA) is 36.9 Å². The zero-order valence-electron chi connectivity index (χ0n) is 12.9. The first kappa shape index (κ1) is 16.5. The summed E-state index contributed by atoms with van der Waals surface area (Å²) >= 11 is 0. The third-order valence-electron chi connectivity index (χ3n) is 4.05. The second-order valence-corrected chi connectivity index (χ2v) is 5.90. The highest BCUT2D eigenvalue weighted by molar-refractivity contribution is 5.16. The van der Waals surface area contributed by atoms with Crippen molar-refractivity contribution in [3.05, 3.63) is 48.3 Å². The highest BCUT2D eigenvalue weighted by atomic mass is 19.1. The molecule has 0 spiro atoms. The molecule has 0 N–H and O–H groups in total. The molecule has 0 aromatic heterocycles. The van der Waals surface area contributed by atoms with E-state index in [4.69, 9.17) is 18.9 Å². The van der Waals surface area contributed by atoms with Crippen molar-refractivity contribution >= 4 is 0 Å². The van der Waals surface area contributed by atoms with Gasteiger partial charge in [-0.2, -0.15) is 0 Å². The Morgan fingerprint density at radius 3 is 2.83 bits per heavy atom. The molecule has 0 amide bonds. The molecule has 0 saturated carbocycles. The van der Waals surface area contributed by atoms with Gasteiger partial charge < -0.3 is 18.9 Å². The minimum absolute atomic E-state index is 0.0766. The summed E-state index contributed by atoms with van der Waals surface area (Å²) < 4.78 is 49.5. The highest BCUT2D eigenvalue weighted by Gasteiger charge is 2.56. The first-order valence-electron chi connectivity index (χ1n) is 7.59. The van der Waals surface area contributed by atoms with Crippen LogP contribution in [0.15, 0.2) is 36.9 Å². The second kappa shape index (κ2) is 6.65. The Morgan fingerprint density at radius 1 is 1.35 bits per heavy atom. The highest BCUT2D eigenvalue weighted by Crippen LogP contribution is 2.40. The molecule has 4 nitrogen and oxygen atoms in total. The lowest BCUT2D eigenvalue weighted by molar-refractivity contribution is -0.233. The molecule has 0 radical (unpaired) electrons. The fourth-order valence-corrected chi connectivity index (χ4v) is 2.89. The van der Waals surface area contributed by atoms with Gasteiger partial charge in [0.05, 0.1) is 12.7 Å². The van der Waals surface area contributed by atoms with E-state index in [1.807, 2.05) is 0 Å². The average molecular weight is 326 g/mol. The smallest absolute Gasteiger partial charge is 0.197 e. The molecule has 5 atom stereocenters. The van der Waals surface area contributed by atoms with E-state index in [0.29, 0.717) is 12.0 Å².